The Balaban J connectivity index is 1.95. The zero-order chi connectivity index (χ0) is 11.8. The van der Waals surface area contributed by atoms with Gasteiger partial charge in [0.1, 0.15) is 18.5 Å². The summed E-state index contributed by atoms with van der Waals surface area (Å²) in [4.78, 5) is 2.31. The number of aliphatic hydroxyl groups is 1. The smallest absolute Gasteiger partial charge is 0.127 e. The molecule has 0 aromatic heterocycles. The van der Waals surface area contributed by atoms with Crippen LogP contribution in [0.5, 0.6) is 5.75 Å². The standard InChI is InChI=1S/C13H16ClNO2/c14-10-6-9-12(16)8-17-13(9)7-11(10)15-4-2-1-3-5-15/h6-7,12,16H,1-5,8H2. The Labute approximate surface area is 106 Å². The van der Waals surface area contributed by atoms with Crippen LogP contribution in [0.15, 0.2) is 12.1 Å². The summed E-state index contributed by atoms with van der Waals surface area (Å²) in [7, 11) is 0. The Hall–Kier alpha value is -0.930. The van der Waals surface area contributed by atoms with E-state index in [-0.39, 0.29) is 0 Å². The fourth-order valence-electron chi connectivity index (χ4n) is 2.58. The molecule has 0 saturated carbocycles. The lowest BCUT2D eigenvalue weighted by Crippen LogP contribution is -2.29. The van der Waals surface area contributed by atoms with E-state index >= 15 is 0 Å². The van der Waals surface area contributed by atoms with Crippen LogP contribution >= 0.6 is 11.6 Å². The molecule has 4 heteroatoms. The molecule has 0 radical (unpaired) electrons. The van der Waals surface area contributed by atoms with E-state index in [4.69, 9.17) is 16.3 Å². The summed E-state index contributed by atoms with van der Waals surface area (Å²) < 4.78 is 5.46. The van der Waals surface area contributed by atoms with E-state index in [1.54, 1.807) is 0 Å². The van der Waals surface area contributed by atoms with Gasteiger partial charge in [-0.3, -0.25) is 0 Å². The van der Waals surface area contributed by atoms with Gasteiger partial charge < -0.3 is 14.7 Å². The molecule has 1 fully saturated rings. The van der Waals surface area contributed by atoms with Gasteiger partial charge in [-0.05, 0) is 25.3 Å². The van der Waals surface area contributed by atoms with E-state index in [1.165, 1.54) is 19.3 Å². The lowest BCUT2D eigenvalue weighted by atomic mass is 10.1. The third-order valence-electron chi connectivity index (χ3n) is 3.53. The number of fused-ring (bicyclic) bond motifs is 1. The molecule has 17 heavy (non-hydrogen) atoms. The largest absolute Gasteiger partial charge is 0.490 e. The van der Waals surface area contributed by atoms with Crippen molar-refractivity contribution in [2.24, 2.45) is 0 Å². The van der Waals surface area contributed by atoms with E-state index < -0.39 is 6.10 Å². The van der Waals surface area contributed by atoms with Crippen LogP contribution in [0, 0.1) is 0 Å². The summed E-state index contributed by atoms with van der Waals surface area (Å²) in [6, 6.07) is 3.82. The number of benzene rings is 1. The Bertz CT molecular complexity index is 430. The summed E-state index contributed by atoms with van der Waals surface area (Å²) in [5, 5.41) is 10.4. The lowest BCUT2D eigenvalue weighted by Gasteiger charge is -2.29. The van der Waals surface area contributed by atoms with Crippen LogP contribution < -0.4 is 9.64 Å². The molecule has 0 spiro atoms. The quantitative estimate of drug-likeness (QED) is 0.835. The molecule has 3 rings (SSSR count). The number of rotatable bonds is 1. The minimum absolute atomic E-state index is 0.342. The first kappa shape index (κ1) is 11.2. The van der Waals surface area contributed by atoms with Gasteiger partial charge in [-0.1, -0.05) is 11.6 Å². The molecule has 1 aromatic carbocycles. The van der Waals surface area contributed by atoms with Crippen LogP contribution in [0.1, 0.15) is 30.9 Å². The van der Waals surface area contributed by atoms with Crippen molar-refractivity contribution in [3.63, 3.8) is 0 Å². The third kappa shape index (κ3) is 1.98. The van der Waals surface area contributed by atoms with Crippen molar-refractivity contribution in [1.29, 1.82) is 0 Å². The lowest BCUT2D eigenvalue weighted by molar-refractivity contribution is 0.140. The van der Waals surface area contributed by atoms with Crippen molar-refractivity contribution >= 4 is 17.3 Å². The summed E-state index contributed by atoms with van der Waals surface area (Å²) in [6.07, 6.45) is 3.21. The number of halogens is 1. The molecule has 0 amide bonds. The highest BCUT2D eigenvalue weighted by Gasteiger charge is 2.25. The van der Waals surface area contributed by atoms with Crippen LogP contribution in [0.3, 0.4) is 0 Å². The van der Waals surface area contributed by atoms with Gasteiger partial charge in [0, 0.05) is 24.7 Å². The van der Waals surface area contributed by atoms with Gasteiger partial charge in [-0.25, -0.2) is 0 Å². The second-order valence-corrected chi connectivity index (χ2v) is 5.12. The van der Waals surface area contributed by atoms with Gasteiger partial charge in [-0.15, -0.1) is 0 Å². The number of piperidine rings is 1. The van der Waals surface area contributed by atoms with Crippen molar-refractivity contribution in [1.82, 2.24) is 0 Å². The van der Waals surface area contributed by atoms with Crippen LogP contribution in [-0.2, 0) is 0 Å². The molecule has 1 aromatic rings. The first-order valence-corrected chi connectivity index (χ1v) is 6.53. The zero-order valence-electron chi connectivity index (χ0n) is 9.66. The Kier molecular flexibility index (Phi) is 2.89. The van der Waals surface area contributed by atoms with E-state index in [2.05, 4.69) is 4.90 Å². The number of ether oxygens (including phenoxy) is 1. The van der Waals surface area contributed by atoms with Gasteiger partial charge in [0.25, 0.3) is 0 Å². The molecular weight excluding hydrogens is 238 g/mol. The fourth-order valence-corrected chi connectivity index (χ4v) is 2.87. The number of hydrogen-bond donors (Lipinski definition) is 1. The maximum Gasteiger partial charge on any atom is 0.127 e. The van der Waals surface area contributed by atoms with Gasteiger partial charge in [-0.2, -0.15) is 0 Å². The Morgan fingerprint density at radius 3 is 2.76 bits per heavy atom. The molecule has 0 bridgehead atoms. The van der Waals surface area contributed by atoms with Crippen LogP contribution in [0.25, 0.3) is 0 Å². The van der Waals surface area contributed by atoms with Gasteiger partial charge in [0.15, 0.2) is 0 Å². The van der Waals surface area contributed by atoms with Crippen molar-refractivity contribution in [3.8, 4) is 5.75 Å². The molecular formula is C13H16ClNO2. The topological polar surface area (TPSA) is 32.7 Å². The second-order valence-electron chi connectivity index (χ2n) is 4.72. The van der Waals surface area contributed by atoms with E-state index in [9.17, 15) is 5.11 Å². The van der Waals surface area contributed by atoms with Crippen molar-refractivity contribution in [3.05, 3.63) is 22.7 Å². The molecule has 3 nitrogen and oxygen atoms in total. The normalized spacial score (nSPS) is 23.4. The minimum atomic E-state index is -0.530. The average molecular weight is 254 g/mol. The molecule has 1 saturated heterocycles. The molecule has 0 aliphatic carbocycles. The van der Waals surface area contributed by atoms with Crippen LogP contribution in [-0.4, -0.2) is 24.8 Å². The molecule has 1 unspecified atom stereocenters. The predicted molar refractivity (Wildman–Crippen MR) is 68.0 cm³/mol. The molecule has 2 aliphatic heterocycles. The minimum Gasteiger partial charge on any atom is -0.490 e. The molecule has 2 aliphatic rings. The maximum absolute atomic E-state index is 9.71. The van der Waals surface area contributed by atoms with Crippen LogP contribution in [0.2, 0.25) is 5.02 Å². The van der Waals surface area contributed by atoms with Gasteiger partial charge in [0.2, 0.25) is 0 Å². The summed E-state index contributed by atoms with van der Waals surface area (Å²) >= 11 is 6.30. The van der Waals surface area contributed by atoms with E-state index in [0.717, 1.165) is 35.1 Å². The van der Waals surface area contributed by atoms with E-state index in [0.29, 0.717) is 6.61 Å². The SMILES string of the molecule is OC1COc2cc(N3CCCCC3)c(Cl)cc21. The van der Waals surface area contributed by atoms with Crippen molar-refractivity contribution in [2.75, 3.05) is 24.6 Å². The molecule has 1 N–H and O–H groups in total. The highest BCUT2D eigenvalue weighted by Crippen LogP contribution is 2.40. The second kappa shape index (κ2) is 4.39. The number of hydrogen-bond acceptors (Lipinski definition) is 3. The predicted octanol–water partition coefficient (Wildman–Crippen LogP) is 2.76. The monoisotopic (exact) mass is 253 g/mol. The summed E-state index contributed by atoms with van der Waals surface area (Å²) in [5.41, 5.74) is 1.86. The Morgan fingerprint density at radius 2 is 2.00 bits per heavy atom. The number of aliphatic hydroxyl groups excluding tert-OH is 1. The van der Waals surface area contributed by atoms with E-state index in [1.807, 2.05) is 12.1 Å². The zero-order valence-corrected chi connectivity index (χ0v) is 10.4. The first-order valence-electron chi connectivity index (χ1n) is 6.15. The summed E-state index contributed by atoms with van der Waals surface area (Å²) in [5.74, 6) is 0.780. The number of anilines is 1. The highest BCUT2D eigenvalue weighted by atomic mass is 35.5. The molecule has 92 valence electrons. The van der Waals surface area contributed by atoms with Crippen LogP contribution in [0.4, 0.5) is 5.69 Å². The van der Waals surface area contributed by atoms with Crippen molar-refractivity contribution in [2.45, 2.75) is 25.4 Å². The van der Waals surface area contributed by atoms with Crippen molar-refractivity contribution < 1.29 is 9.84 Å². The maximum atomic E-state index is 9.71. The number of nitrogens with zero attached hydrogens (tertiary/aromatic N) is 1. The first-order chi connectivity index (χ1) is 8.25. The van der Waals surface area contributed by atoms with Gasteiger partial charge >= 0.3 is 0 Å². The highest BCUT2D eigenvalue weighted by molar-refractivity contribution is 6.33. The molecule has 2 heterocycles. The van der Waals surface area contributed by atoms with Gasteiger partial charge in [0.05, 0.1) is 10.7 Å². The average Bonchev–Trinajstić information content (AvgIpc) is 2.71. The Morgan fingerprint density at radius 1 is 1.24 bits per heavy atom. The third-order valence-corrected chi connectivity index (χ3v) is 3.83. The molecule has 1 atom stereocenters. The fraction of sp³-hybridized carbons (Fsp3) is 0.538. The summed E-state index contributed by atoms with van der Waals surface area (Å²) in [6.45, 7) is 2.46.